The lowest BCUT2D eigenvalue weighted by atomic mass is 10.2. The molecule has 9 heteroatoms. The summed E-state index contributed by atoms with van der Waals surface area (Å²) in [6, 6.07) is 11.6. The first kappa shape index (κ1) is 18.8. The molecule has 0 saturated carbocycles. The highest BCUT2D eigenvalue weighted by Gasteiger charge is 2.13. The normalized spacial score (nSPS) is 10.8. The maximum Gasteiger partial charge on any atom is 0.387 e. The van der Waals surface area contributed by atoms with E-state index in [4.69, 9.17) is 4.42 Å². The van der Waals surface area contributed by atoms with Crippen LogP contribution in [0.1, 0.15) is 0 Å². The summed E-state index contributed by atoms with van der Waals surface area (Å²) in [6.45, 7) is -2.99. The molecule has 2 aromatic carbocycles. The van der Waals surface area contributed by atoms with Crippen molar-refractivity contribution in [2.45, 2.75) is 11.8 Å². The van der Waals surface area contributed by atoms with Gasteiger partial charge in [0.15, 0.2) is 5.76 Å². The van der Waals surface area contributed by atoms with E-state index in [0.717, 1.165) is 11.8 Å². The number of hydrogen-bond acceptors (Lipinski definition) is 5. The van der Waals surface area contributed by atoms with Gasteiger partial charge in [-0.25, -0.2) is 9.37 Å². The second kappa shape index (κ2) is 8.63. The van der Waals surface area contributed by atoms with Gasteiger partial charge in [-0.1, -0.05) is 23.9 Å². The van der Waals surface area contributed by atoms with E-state index in [-0.39, 0.29) is 28.2 Å². The zero-order valence-corrected chi connectivity index (χ0v) is 14.5. The number of rotatable bonds is 7. The molecule has 3 aromatic rings. The van der Waals surface area contributed by atoms with E-state index in [2.05, 4.69) is 15.0 Å². The molecule has 0 fully saturated rings. The summed E-state index contributed by atoms with van der Waals surface area (Å²) < 4.78 is 47.6. The Morgan fingerprint density at radius 1 is 1.19 bits per heavy atom. The number of hydrogen-bond donors (Lipinski definition) is 1. The lowest BCUT2D eigenvalue weighted by Crippen LogP contribution is -2.15. The third-order valence-electron chi connectivity index (χ3n) is 3.32. The molecule has 1 aromatic heterocycles. The molecule has 1 N–H and O–H groups in total. The average molecular weight is 394 g/mol. The van der Waals surface area contributed by atoms with Gasteiger partial charge in [0.2, 0.25) is 5.91 Å². The van der Waals surface area contributed by atoms with Crippen molar-refractivity contribution in [1.82, 2.24) is 4.98 Å². The molecule has 3 rings (SSSR count). The van der Waals surface area contributed by atoms with Gasteiger partial charge in [0.1, 0.15) is 11.6 Å². The van der Waals surface area contributed by atoms with Crippen LogP contribution in [0.5, 0.6) is 5.75 Å². The maximum atomic E-state index is 12.9. The molecule has 0 saturated heterocycles. The van der Waals surface area contributed by atoms with E-state index < -0.39 is 12.5 Å². The molecule has 0 spiro atoms. The Kier molecular flexibility index (Phi) is 6.02. The van der Waals surface area contributed by atoms with Gasteiger partial charge < -0.3 is 14.5 Å². The Bertz CT molecular complexity index is 916. The number of benzene rings is 2. The van der Waals surface area contributed by atoms with Crippen molar-refractivity contribution in [2.24, 2.45) is 0 Å². The molecule has 0 aliphatic rings. The van der Waals surface area contributed by atoms with E-state index in [1.165, 1.54) is 36.5 Å². The summed E-state index contributed by atoms with van der Waals surface area (Å²) in [6.07, 6.45) is 1.47. The van der Waals surface area contributed by atoms with Crippen molar-refractivity contribution in [1.29, 1.82) is 0 Å². The van der Waals surface area contributed by atoms with Crippen LogP contribution in [0.15, 0.2) is 64.4 Å². The van der Waals surface area contributed by atoms with E-state index in [1.807, 2.05) is 0 Å². The number of para-hydroxylation sites is 2. The number of oxazole rings is 1. The third kappa shape index (κ3) is 5.27. The van der Waals surface area contributed by atoms with Crippen molar-refractivity contribution in [2.75, 3.05) is 11.1 Å². The number of nitrogens with zero attached hydrogens (tertiary/aromatic N) is 1. The summed E-state index contributed by atoms with van der Waals surface area (Å²) in [7, 11) is 0. The summed E-state index contributed by atoms with van der Waals surface area (Å²) in [4.78, 5) is 16.1. The first-order valence-corrected chi connectivity index (χ1v) is 8.68. The molecular formula is C18H13F3N2O3S. The second-order valence-electron chi connectivity index (χ2n) is 5.21. The van der Waals surface area contributed by atoms with Crippen LogP contribution in [0.4, 0.5) is 18.9 Å². The molecule has 0 bridgehead atoms. The number of alkyl halides is 2. The summed E-state index contributed by atoms with van der Waals surface area (Å²) in [5.74, 6) is -0.534. The molecule has 27 heavy (non-hydrogen) atoms. The zero-order valence-electron chi connectivity index (χ0n) is 13.7. The van der Waals surface area contributed by atoms with Crippen LogP contribution in [-0.4, -0.2) is 23.3 Å². The van der Waals surface area contributed by atoms with Crippen molar-refractivity contribution >= 4 is 23.4 Å². The fourth-order valence-corrected chi connectivity index (χ4v) is 2.76. The van der Waals surface area contributed by atoms with Crippen LogP contribution in [0.25, 0.3) is 11.3 Å². The summed E-state index contributed by atoms with van der Waals surface area (Å²) in [5, 5.41) is 2.75. The van der Waals surface area contributed by atoms with Crippen LogP contribution in [0.3, 0.4) is 0 Å². The predicted molar refractivity (Wildman–Crippen MR) is 94.3 cm³/mol. The molecule has 0 atom stereocenters. The highest BCUT2D eigenvalue weighted by Crippen LogP contribution is 2.27. The van der Waals surface area contributed by atoms with Gasteiger partial charge in [0.25, 0.3) is 5.22 Å². The van der Waals surface area contributed by atoms with Crippen molar-refractivity contribution in [3.63, 3.8) is 0 Å². The number of halogens is 3. The molecular weight excluding hydrogens is 381 g/mol. The van der Waals surface area contributed by atoms with Crippen LogP contribution >= 0.6 is 11.8 Å². The van der Waals surface area contributed by atoms with E-state index in [9.17, 15) is 18.0 Å². The number of anilines is 1. The van der Waals surface area contributed by atoms with Crippen LogP contribution < -0.4 is 10.1 Å². The van der Waals surface area contributed by atoms with E-state index in [0.29, 0.717) is 11.3 Å². The summed E-state index contributed by atoms with van der Waals surface area (Å²) >= 11 is 1.03. The lowest BCUT2D eigenvalue weighted by molar-refractivity contribution is -0.113. The van der Waals surface area contributed by atoms with Gasteiger partial charge in [0, 0.05) is 5.56 Å². The zero-order chi connectivity index (χ0) is 19.2. The van der Waals surface area contributed by atoms with Crippen molar-refractivity contribution in [3.8, 4) is 17.1 Å². The molecule has 0 unspecified atom stereocenters. The number of carbonyl (C=O) groups excluding carboxylic acids is 1. The molecule has 1 amide bonds. The smallest absolute Gasteiger partial charge is 0.387 e. The highest BCUT2D eigenvalue weighted by molar-refractivity contribution is 7.99. The third-order valence-corrected chi connectivity index (χ3v) is 4.16. The quantitative estimate of drug-likeness (QED) is 0.583. The minimum atomic E-state index is -2.99. The average Bonchev–Trinajstić information content (AvgIpc) is 3.11. The van der Waals surface area contributed by atoms with Gasteiger partial charge in [-0.05, 0) is 36.4 Å². The molecule has 140 valence electrons. The monoisotopic (exact) mass is 394 g/mol. The predicted octanol–water partition coefficient (Wildman–Crippen LogP) is 4.81. The highest BCUT2D eigenvalue weighted by atomic mass is 32.2. The summed E-state index contributed by atoms with van der Waals surface area (Å²) in [5.41, 5.74) is 0.793. The van der Waals surface area contributed by atoms with Gasteiger partial charge in [-0.15, -0.1) is 0 Å². The van der Waals surface area contributed by atoms with Crippen molar-refractivity contribution in [3.05, 3.63) is 60.5 Å². The molecule has 1 heterocycles. The number of amides is 1. The van der Waals surface area contributed by atoms with E-state index in [1.54, 1.807) is 18.2 Å². The fraction of sp³-hybridized carbons (Fsp3) is 0.111. The van der Waals surface area contributed by atoms with Crippen molar-refractivity contribution < 1.29 is 27.1 Å². The fourth-order valence-electron chi connectivity index (χ4n) is 2.15. The van der Waals surface area contributed by atoms with Crippen LogP contribution in [-0.2, 0) is 4.79 Å². The van der Waals surface area contributed by atoms with Gasteiger partial charge in [-0.2, -0.15) is 8.78 Å². The first-order valence-electron chi connectivity index (χ1n) is 7.69. The Labute approximate surface area is 156 Å². The molecule has 0 aliphatic heterocycles. The van der Waals surface area contributed by atoms with E-state index >= 15 is 0 Å². The van der Waals surface area contributed by atoms with Gasteiger partial charge in [0.05, 0.1) is 17.6 Å². The topological polar surface area (TPSA) is 64.4 Å². The second-order valence-corrected chi connectivity index (χ2v) is 6.14. The number of nitrogens with one attached hydrogen (secondary N) is 1. The molecule has 0 aliphatic carbocycles. The Morgan fingerprint density at radius 3 is 2.67 bits per heavy atom. The number of aromatic nitrogens is 1. The Morgan fingerprint density at radius 2 is 1.93 bits per heavy atom. The van der Waals surface area contributed by atoms with Gasteiger partial charge >= 0.3 is 6.61 Å². The molecule has 5 nitrogen and oxygen atoms in total. The Hall–Kier alpha value is -2.94. The number of ether oxygens (including phenoxy) is 1. The van der Waals surface area contributed by atoms with Crippen LogP contribution in [0, 0.1) is 5.82 Å². The number of thioether (sulfide) groups is 1. The molecule has 0 radical (unpaired) electrons. The SMILES string of the molecule is O=C(CSc1ncc(-c2ccc(F)cc2)o1)Nc1ccccc1OC(F)F. The number of carbonyl (C=O) groups is 1. The standard InChI is InChI=1S/C18H13F3N2O3S/c19-12-7-5-11(6-8-12)15-9-22-18(26-15)27-10-16(24)23-13-3-1-2-4-14(13)25-17(20)21/h1-9,17H,10H2,(H,23,24). The maximum absolute atomic E-state index is 12.9. The minimum absolute atomic E-state index is 0.0492. The lowest BCUT2D eigenvalue weighted by Gasteiger charge is -2.11. The minimum Gasteiger partial charge on any atom is -0.433 e. The van der Waals surface area contributed by atoms with Crippen LogP contribution in [0.2, 0.25) is 0 Å². The largest absolute Gasteiger partial charge is 0.433 e. The Balaban J connectivity index is 1.58. The first-order chi connectivity index (χ1) is 13.0. The van der Waals surface area contributed by atoms with Gasteiger partial charge in [-0.3, -0.25) is 4.79 Å².